The fraction of sp³-hybridized carbons (Fsp3) is 0.300. The molecule has 0 amide bonds. The predicted octanol–water partition coefficient (Wildman–Crippen LogP) is 1.89. The molecule has 0 unspecified atom stereocenters. The van der Waals surface area contributed by atoms with E-state index in [4.69, 9.17) is 9.94 Å². The van der Waals surface area contributed by atoms with Gasteiger partial charge in [0.2, 0.25) is 0 Å². The molecule has 0 aliphatic carbocycles. The molecule has 0 bridgehead atoms. The molecule has 0 spiro atoms. The maximum atomic E-state index is 10.2. The zero-order valence-corrected chi connectivity index (χ0v) is 7.77. The molecular weight excluding hydrogens is 182 g/mol. The lowest BCUT2D eigenvalue weighted by molar-refractivity contribution is -0.137. The van der Waals surface area contributed by atoms with Gasteiger partial charge in [-0.1, -0.05) is 18.2 Å². The third kappa shape index (κ3) is 4.47. The van der Waals surface area contributed by atoms with Crippen LogP contribution in [0.5, 0.6) is 0 Å². The number of anilines is 1. The van der Waals surface area contributed by atoms with Crippen LogP contribution in [0, 0.1) is 0 Å². The lowest BCUT2D eigenvalue weighted by Crippen LogP contribution is -2.04. The van der Waals surface area contributed by atoms with Crippen molar-refractivity contribution in [1.29, 1.82) is 0 Å². The number of carboxylic acid groups (broad SMARTS) is 1. The lowest BCUT2D eigenvalue weighted by Gasteiger charge is -2.05. The van der Waals surface area contributed by atoms with Gasteiger partial charge in [0, 0.05) is 6.42 Å². The molecule has 1 aromatic rings. The average molecular weight is 195 g/mol. The first kappa shape index (κ1) is 10.5. The molecule has 1 aromatic carbocycles. The second-order valence-electron chi connectivity index (χ2n) is 2.81. The highest BCUT2D eigenvalue weighted by Crippen LogP contribution is 2.04. The summed E-state index contributed by atoms with van der Waals surface area (Å²) in [6.07, 6.45) is 0.644. The number of hydrogen-bond acceptors (Lipinski definition) is 3. The van der Waals surface area contributed by atoms with Gasteiger partial charge < -0.3 is 5.11 Å². The molecule has 0 aliphatic heterocycles. The van der Waals surface area contributed by atoms with Gasteiger partial charge >= 0.3 is 5.97 Å². The third-order valence-electron chi connectivity index (χ3n) is 1.60. The highest BCUT2D eigenvalue weighted by Gasteiger charge is 1.96. The molecule has 4 nitrogen and oxygen atoms in total. The van der Waals surface area contributed by atoms with Gasteiger partial charge in [0.05, 0.1) is 12.3 Å². The fourth-order valence-electron chi connectivity index (χ4n) is 0.936. The lowest BCUT2D eigenvalue weighted by atomic mass is 10.3. The Morgan fingerprint density at radius 1 is 1.36 bits per heavy atom. The van der Waals surface area contributed by atoms with Gasteiger partial charge in [0.15, 0.2) is 0 Å². The molecule has 2 N–H and O–H groups in total. The second-order valence-corrected chi connectivity index (χ2v) is 2.81. The Hall–Kier alpha value is -1.55. The number of carbonyl (C=O) groups is 1. The van der Waals surface area contributed by atoms with Gasteiger partial charge in [0.1, 0.15) is 0 Å². The summed E-state index contributed by atoms with van der Waals surface area (Å²) in [7, 11) is 0. The van der Waals surface area contributed by atoms with Crippen molar-refractivity contribution in [3.05, 3.63) is 30.3 Å². The quantitative estimate of drug-likeness (QED) is 0.537. The normalized spacial score (nSPS) is 9.71. The van der Waals surface area contributed by atoms with E-state index in [0.29, 0.717) is 13.0 Å². The summed E-state index contributed by atoms with van der Waals surface area (Å²) >= 11 is 0. The maximum absolute atomic E-state index is 10.2. The predicted molar refractivity (Wildman–Crippen MR) is 52.9 cm³/mol. The highest BCUT2D eigenvalue weighted by molar-refractivity contribution is 5.66. The van der Waals surface area contributed by atoms with E-state index < -0.39 is 5.97 Å². The highest BCUT2D eigenvalue weighted by atomic mass is 16.6. The molecule has 0 fully saturated rings. The first-order valence-electron chi connectivity index (χ1n) is 4.43. The summed E-state index contributed by atoms with van der Waals surface area (Å²) in [5.41, 5.74) is 3.59. The third-order valence-corrected chi connectivity index (χ3v) is 1.60. The average Bonchev–Trinajstić information content (AvgIpc) is 2.18. The van der Waals surface area contributed by atoms with Gasteiger partial charge in [-0.3, -0.25) is 15.1 Å². The zero-order chi connectivity index (χ0) is 10.2. The molecule has 0 aliphatic rings. The van der Waals surface area contributed by atoms with Crippen LogP contribution in [0.3, 0.4) is 0 Å². The summed E-state index contributed by atoms with van der Waals surface area (Å²) in [5, 5.41) is 8.35. The van der Waals surface area contributed by atoms with Crippen LogP contribution in [0.2, 0.25) is 0 Å². The first-order chi connectivity index (χ1) is 6.79. The Labute approximate surface area is 82.5 Å². The molecule has 76 valence electrons. The molecule has 0 heterocycles. The molecule has 4 heteroatoms. The van der Waals surface area contributed by atoms with E-state index in [0.717, 1.165) is 5.69 Å². The molecule has 0 saturated heterocycles. The minimum atomic E-state index is -0.798. The van der Waals surface area contributed by atoms with E-state index in [1.54, 1.807) is 0 Å². The number of benzene rings is 1. The molecular formula is C10H13NO3. The summed E-state index contributed by atoms with van der Waals surface area (Å²) in [6.45, 7) is 0.390. The smallest absolute Gasteiger partial charge is 0.303 e. The summed E-state index contributed by atoms with van der Waals surface area (Å²) in [5.74, 6) is -0.798. The molecule has 14 heavy (non-hydrogen) atoms. The van der Waals surface area contributed by atoms with Crippen molar-refractivity contribution >= 4 is 11.7 Å². The summed E-state index contributed by atoms with van der Waals surface area (Å²) in [4.78, 5) is 15.2. The van der Waals surface area contributed by atoms with Crippen LogP contribution in [0.15, 0.2) is 30.3 Å². The van der Waals surface area contributed by atoms with E-state index in [9.17, 15) is 4.79 Å². The van der Waals surface area contributed by atoms with Crippen LogP contribution >= 0.6 is 0 Å². The van der Waals surface area contributed by atoms with Crippen LogP contribution in [0.4, 0.5) is 5.69 Å². The van der Waals surface area contributed by atoms with E-state index in [1.165, 1.54) is 0 Å². The summed E-state index contributed by atoms with van der Waals surface area (Å²) in [6, 6.07) is 9.44. The number of nitrogens with one attached hydrogen (secondary N) is 1. The Morgan fingerprint density at radius 2 is 2.07 bits per heavy atom. The van der Waals surface area contributed by atoms with E-state index in [1.807, 2.05) is 30.3 Å². The minimum absolute atomic E-state index is 0.135. The molecule has 0 radical (unpaired) electrons. The SMILES string of the molecule is O=C(O)CCCONc1ccccc1. The van der Waals surface area contributed by atoms with E-state index in [2.05, 4.69) is 5.48 Å². The number of rotatable bonds is 6. The number of para-hydroxylation sites is 1. The van der Waals surface area contributed by atoms with Crippen molar-refractivity contribution in [2.75, 3.05) is 12.1 Å². The van der Waals surface area contributed by atoms with Gasteiger partial charge in [-0.25, -0.2) is 0 Å². The first-order valence-corrected chi connectivity index (χ1v) is 4.43. The molecule has 0 atom stereocenters. The fourth-order valence-corrected chi connectivity index (χ4v) is 0.936. The Morgan fingerprint density at radius 3 is 2.71 bits per heavy atom. The largest absolute Gasteiger partial charge is 0.481 e. The second kappa shape index (κ2) is 5.99. The van der Waals surface area contributed by atoms with Gasteiger partial charge in [-0.15, -0.1) is 0 Å². The minimum Gasteiger partial charge on any atom is -0.481 e. The van der Waals surface area contributed by atoms with Crippen molar-refractivity contribution in [3.8, 4) is 0 Å². The number of hydrogen-bond donors (Lipinski definition) is 2. The zero-order valence-electron chi connectivity index (χ0n) is 7.77. The molecule has 0 saturated carbocycles. The van der Waals surface area contributed by atoms with Crippen molar-refractivity contribution < 1.29 is 14.7 Å². The van der Waals surface area contributed by atoms with Crippen LogP contribution in [0.1, 0.15) is 12.8 Å². The van der Waals surface area contributed by atoms with Crippen LogP contribution in [0.25, 0.3) is 0 Å². The Bertz CT molecular complexity index is 274. The molecule has 0 aromatic heterocycles. The van der Waals surface area contributed by atoms with Crippen molar-refractivity contribution in [3.63, 3.8) is 0 Å². The standard InChI is InChI=1S/C10H13NO3/c12-10(13)7-4-8-14-11-9-5-2-1-3-6-9/h1-3,5-6,11H,4,7-8H2,(H,12,13). The summed E-state index contributed by atoms with van der Waals surface area (Å²) < 4.78 is 0. The van der Waals surface area contributed by atoms with Crippen LogP contribution in [-0.4, -0.2) is 17.7 Å². The van der Waals surface area contributed by atoms with Crippen molar-refractivity contribution in [2.45, 2.75) is 12.8 Å². The van der Waals surface area contributed by atoms with E-state index >= 15 is 0 Å². The Balaban J connectivity index is 2.08. The monoisotopic (exact) mass is 195 g/mol. The van der Waals surface area contributed by atoms with Gasteiger partial charge in [0.25, 0.3) is 0 Å². The van der Waals surface area contributed by atoms with E-state index in [-0.39, 0.29) is 6.42 Å². The van der Waals surface area contributed by atoms with Crippen molar-refractivity contribution in [1.82, 2.24) is 0 Å². The maximum Gasteiger partial charge on any atom is 0.303 e. The Kier molecular flexibility index (Phi) is 4.50. The van der Waals surface area contributed by atoms with Gasteiger partial charge in [-0.2, -0.15) is 0 Å². The van der Waals surface area contributed by atoms with Crippen molar-refractivity contribution in [2.24, 2.45) is 0 Å². The van der Waals surface area contributed by atoms with Crippen LogP contribution < -0.4 is 5.48 Å². The number of carboxylic acids is 1. The molecule has 1 rings (SSSR count). The van der Waals surface area contributed by atoms with Gasteiger partial charge in [-0.05, 0) is 18.6 Å². The number of aliphatic carboxylic acids is 1. The van der Waals surface area contributed by atoms with Crippen LogP contribution in [-0.2, 0) is 9.63 Å². The topological polar surface area (TPSA) is 58.6 Å².